The molecule has 0 aliphatic rings. The molecule has 0 bridgehead atoms. The fourth-order valence-electron chi connectivity index (χ4n) is 3.71. The fraction of sp³-hybridized carbons (Fsp3) is 0. The second-order valence-corrected chi connectivity index (χ2v) is 9.31. The summed E-state index contributed by atoms with van der Waals surface area (Å²) in [5, 5.41) is 10.0. The number of rotatable bonds is 5. The quantitative estimate of drug-likeness (QED) is 0.352. The normalized spacial score (nSPS) is 11.3. The van der Waals surface area contributed by atoms with E-state index in [1.807, 2.05) is 12.1 Å². The van der Waals surface area contributed by atoms with Crippen LogP contribution in [0.2, 0.25) is 0 Å². The lowest BCUT2D eigenvalue weighted by atomic mass is 10.0. The summed E-state index contributed by atoms with van der Waals surface area (Å²) in [7, 11) is -4.31. The molecule has 0 aliphatic carbocycles. The Morgan fingerprint density at radius 2 is 1.77 bits per heavy atom. The molecule has 0 amide bonds. The standard InChI is InChI=1S/C25H15F2N5O2S/c26-19-4-5-24(23(27)9-19)35(33,34)32-20-7-17(11-29-13-20)18-8-21-22(14-31-25(21)30-12-18)16-3-1-2-15(6-16)10-28/h1-9,11-14,32H,(H,30,31). The van der Waals surface area contributed by atoms with Gasteiger partial charge in [0.1, 0.15) is 22.2 Å². The molecule has 3 aromatic heterocycles. The van der Waals surface area contributed by atoms with Crippen molar-refractivity contribution >= 4 is 26.7 Å². The SMILES string of the molecule is N#Cc1cccc(-c2c[nH]c3ncc(-c4cncc(NS(=O)(=O)c5ccc(F)cc5F)c4)cc23)c1. The second kappa shape index (κ2) is 8.62. The van der Waals surface area contributed by atoms with Gasteiger partial charge in [-0.15, -0.1) is 0 Å². The molecule has 5 aromatic rings. The van der Waals surface area contributed by atoms with Gasteiger partial charge in [0.05, 0.1) is 23.5 Å². The highest BCUT2D eigenvalue weighted by atomic mass is 32.2. The number of sulfonamides is 1. The predicted molar refractivity (Wildman–Crippen MR) is 127 cm³/mol. The van der Waals surface area contributed by atoms with E-state index >= 15 is 0 Å². The lowest BCUT2D eigenvalue weighted by Crippen LogP contribution is -2.15. The Morgan fingerprint density at radius 3 is 2.57 bits per heavy atom. The minimum absolute atomic E-state index is 0.0994. The van der Waals surface area contributed by atoms with E-state index in [0.29, 0.717) is 28.4 Å². The summed E-state index contributed by atoms with van der Waals surface area (Å²) in [4.78, 5) is 11.0. The van der Waals surface area contributed by atoms with Crippen LogP contribution in [0.15, 0.2) is 84.3 Å². The highest BCUT2D eigenvalue weighted by molar-refractivity contribution is 7.92. The van der Waals surface area contributed by atoms with Crippen LogP contribution in [0.1, 0.15) is 5.56 Å². The van der Waals surface area contributed by atoms with Gasteiger partial charge in [-0.1, -0.05) is 12.1 Å². The van der Waals surface area contributed by atoms with E-state index in [0.717, 1.165) is 28.6 Å². The van der Waals surface area contributed by atoms with E-state index < -0.39 is 26.6 Å². The molecule has 10 heteroatoms. The van der Waals surface area contributed by atoms with Gasteiger partial charge in [-0.25, -0.2) is 22.2 Å². The van der Waals surface area contributed by atoms with Gasteiger partial charge in [0.15, 0.2) is 0 Å². The molecule has 5 rings (SSSR count). The Hall–Kier alpha value is -4.62. The van der Waals surface area contributed by atoms with E-state index in [2.05, 4.69) is 25.7 Å². The minimum Gasteiger partial charge on any atom is -0.346 e. The third-order valence-corrected chi connectivity index (χ3v) is 6.76. The molecule has 0 radical (unpaired) electrons. The van der Waals surface area contributed by atoms with Crippen LogP contribution in [0.25, 0.3) is 33.3 Å². The number of fused-ring (bicyclic) bond motifs is 1. The molecule has 2 N–H and O–H groups in total. The maximum absolute atomic E-state index is 14.0. The van der Waals surface area contributed by atoms with Crippen LogP contribution in [0.5, 0.6) is 0 Å². The van der Waals surface area contributed by atoms with Gasteiger partial charge in [-0.2, -0.15) is 5.26 Å². The smallest absolute Gasteiger partial charge is 0.264 e. The molecular weight excluding hydrogens is 472 g/mol. The Bertz CT molecular complexity index is 1740. The van der Waals surface area contributed by atoms with Gasteiger partial charge < -0.3 is 4.98 Å². The molecule has 0 atom stereocenters. The predicted octanol–water partition coefficient (Wildman–Crippen LogP) is 5.24. The zero-order valence-electron chi connectivity index (χ0n) is 17.8. The van der Waals surface area contributed by atoms with E-state index in [1.165, 1.54) is 12.3 Å². The summed E-state index contributed by atoms with van der Waals surface area (Å²) in [6, 6.07) is 15.0. The molecule has 0 fully saturated rings. The summed E-state index contributed by atoms with van der Waals surface area (Å²) in [6.07, 6.45) is 6.24. The summed E-state index contributed by atoms with van der Waals surface area (Å²) >= 11 is 0. The van der Waals surface area contributed by atoms with Crippen LogP contribution < -0.4 is 4.72 Å². The van der Waals surface area contributed by atoms with Crippen LogP contribution in [-0.4, -0.2) is 23.4 Å². The Morgan fingerprint density at radius 1 is 0.943 bits per heavy atom. The largest absolute Gasteiger partial charge is 0.346 e. The monoisotopic (exact) mass is 487 g/mol. The van der Waals surface area contributed by atoms with Gasteiger partial charge >= 0.3 is 0 Å². The van der Waals surface area contributed by atoms with Crippen LogP contribution >= 0.6 is 0 Å². The van der Waals surface area contributed by atoms with Crippen molar-refractivity contribution < 1.29 is 17.2 Å². The average Bonchev–Trinajstić information content (AvgIpc) is 3.27. The molecule has 0 saturated carbocycles. The van der Waals surface area contributed by atoms with Crippen molar-refractivity contribution in [2.75, 3.05) is 4.72 Å². The van der Waals surface area contributed by atoms with Crippen molar-refractivity contribution in [3.63, 3.8) is 0 Å². The van der Waals surface area contributed by atoms with Crippen molar-refractivity contribution in [2.45, 2.75) is 4.90 Å². The first kappa shape index (κ1) is 22.2. The maximum atomic E-state index is 14.0. The number of benzene rings is 2. The first-order chi connectivity index (χ1) is 16.8. The molecule has 7 nitrogen and oxygen atoms in total. The number of aromatic amines is 1. The summed E-state index contributed by atoms with van der Waals surface area (Å²) < 4.78 is 54.8. The number of pyridine rings is 2. The first-order valence-electron chi connectivity index (χ1n) is 10.2. The van der Waals surface area contributed by atoms with E-state index in [1.54, 1.807) is 36.8 Å². The summed E-state index contributed by atoms with van der Waals surface area (Å²) in [6.45, 7) is 0. The molecular formula is C25H15F2N5O2S. The number of aromatic nitrogens is 3. The summed E-state index contributed by atoms with van der Waals surface area (Å²) in [5.74, 6) is -2.08. The third-order valence-electron chi connectivity index (χ3n) is 5.34. The average molecular weight is 487 g/mol. The van der Waals surface area contributed by atoms with Crippen molar-refractivity contribution in [1.29, 1.82) is 5.26 Å². The highest BCUT2D eigenvalue weighted by Gasteiger charge is 2.20. The molecule has 0 unspecified atom stereocenters. The number of halogens is 2. The molecule has 172 valence electrons. The van der Waals surface area contributed by atoms with Crippen molar-refractivity contribution in [3.8, 4) is 28.3 Å². The van der Waals surface area contributed by atoms with Gasteiger partial charge in [0.25, 0.3) is 10.0 Å². The minimum atomic E-state index is -4.31. The lowest BCUT2D eigenvalue weighted by molar-refractivity contribution is 0.551. The van der Waals surface area contributed by atoms with Crippen molar-refractivity contribution in [1.82, 2.24) is 15.0 Å². The Balaban J connectivity index is 1.51. The van der Waals surface area contributed by atoms with Gasteiger partial charge in [0, 0.05) is 46.7 Å². The zero-order chi connectivity index (χ0) is 24.6. The number of hydrogen-bond acceptors (Lipinski definition) is 5. The molecule has 2 aromatic carbocycles. The topological polar surface area (TPSA) is 112 Å². The van der Waals surface area contributed by atoms with Gasteiger partial charge in [-0.3, -0.25) is 9.71 Å². The second-order valence-electron chi connectivity index (χ2n) is 7.66. The van der Waals surface area contributed by atoms with Gasteiger partial charge in [0.2, 0.25) is 0 Å². The number of nitrogens with one attached hydrogen (secondary N) is 2. The third kappa shape index (κ3) is 4.32. The molecule has 0 aliphatic heterocycles. The first-order valence-corrected chi connectivity index (χ1v) is 11.7. The fourth-order valence-corrected chi connectivity index (χ4v) is 4.81. The van der Waals surface area contributed by atoms with Crippen LogP contribution in [0.4, 0.5) is 14.5 Å². The zero-order valence-corrected chi connectivity index (χ0v) is 18.6. The maximum Gasteiger partial charge on any atom is 0.264 e. The van der Waals surface area contributed by atoms with Crippen LogP contribution in [-0.2, 0) is 10.0 Å². The molecule has 0 spiro atoms. The molecule has 0 saturated heterocycles. The number of anilines is 1. The van der Waals surface area contributed by atoms with E-state index in [-0.39, 0.29) is 5.69 Å². The Labute approximate surface area is 198 Å². The highest BCUT2D eigenvalue weighted by Crippen LogP contribution is 2.32. The van der Waals surface area contributed by atoms with Crippen LogP contribution in [0, 0.1) is 23.0 Å². The van der Waals surface area contributed by atoms with E-state index in [9.17, 15) is 22.5 Å². The number of hydrogen-bond donors (Lipinski definition) is 2. The van der Waals surface area contributed by atoms with E-state index in [4.69, 9.17) is 0 Å². The van der Waals surface area contributed by atoms with Crippen molar-refractivity contribution in [2.24, 2.45) is 0 Å². The number of nitriles is 1. The Kier molecular flexibility index (Phi) is 5.47. The molecule has 3 heterocycles. The number of nitrogens with zero attached hydrogens (tertiary/aromatic N) is 3. The number of H-pyrrole nitrogens is 1. The molecule has 35 heavy (non-hydrogen) atoms. The summed E-state index contributed by atoms with van der Waals surface area (Å²) in [5.41, 5.74) is 4.19. The van der Waals surface area contributed by atoms with Gasteiger partial charge in [-0.05, 0) is 42.0 Å². The van der Waals surface area contributed by atoms with Crippen molar-refractivity contribution in [3.05, 3.63) is 96.6 Å². The van der Waals surface area contributed by atoms with Crippen LogP contribution in [0.3, 0.4) is 0 Å². The lowest BCUT2D eigenvalue weighted by Gasteiger charge is -2.10.